The zero-order valence-electron chi connectivity index (χ0n) is 13.4. The summed E-state index contributed by atoms with van der Waals surface area (Å²) in [5, 5.41) is 2.82. The van der Waals surface area contributed by atoms with Crippen molar-refractivity contribution in [3.8, 4) is 17.2 Å². The lowest BCUT2D eigenvalue weighted by molar-refractivity contribution is 0.102. The van der Waals surface area contributed by atoms with Crippen molar-refractivity contribution in [1.29, 1.82) is 0 Å². The molecule has 6 nitrogen and oxygen atoms in total. The fourth-order valence-electron chi connectivity index (χ4n) is 2.14. The van der Waals surface area contributed by atoms with Crippen LogP contribution >= 0.6 is 0 Å². The van der Waals surface area contributed by atoms with Crippen molar-refractivity contribution in [2.75, 3.05) is 26.6 Å². The lowest BCUT2D eigenvalue weighted by atomic mass is 10.1. The van der Waals surface area contributed by atoms with Crippen LogP contribution in [0.3, 0.4) is 0 Å². The average Bonchev–Trinajstić information content (AvgIpc) is 2.60. The molecule has 23 heavy (non-hydrogen) atoms. The number of methoxy groups -OCH3 is 3. The van der Waals surface area contributed by atoms with E-state index in [0.29, 0.717) is 35.0 Å². The third kappa shape index (κ3) is 3.73. The van der Waals surface area contributed by atoms with Crippen LogP contribution in [0.4, 0.5) is 5.69 Å². The zero-order chi connectivity index (χ0) is 16.8. The Morgan fingerprint density at radius 2 is 1.57 bits per heavy atom. The van der Waals surface area contributed by atoms with Crippen LogP contribution in [0, 0.1) is 0 Å². The van der Waals surface area contributed by atoms with Gasteiger partial charge in [-0.05, 0) is 29.8 Å². The fourth-order valence-corrected chi connectivity index (χ4v) is 2.14. The molecular formula is C17H20N2O4. The molecule has 0 fully saturated rings. The molecule has 1 amide bonds. The van der Waals surface area contributed by atoms with Gasteiger partial charge < -0.3 is 25.3 Å². The maximum absolute atomic E-state index is 12.4. The minimum absolute atomic E-state index is 0.273. The van der Waals surface area contributed by atoms with Gasteiger partial charge in [0.2, 0.25) is 5.75 Å². The number of carbonyl (C=O) groups excluding carboxylic acids is 1. The minimum atomic E-state index is -0.273. The molecule has 2 aromatic rings. The van der Waals surface area contributed by atoms with E-state index < -0.39 is 0 Å². The number of hydrogen-bond donors (Lipinski definition) is 2. The smallest absolute Gasteiger partial charge is 0.255 e. The molecule has 0 aliphatic carbocycles. The lowest BCUT2D eigenvalue weighted by Gasteiger charge is -2.14. The highest BCUT2D eigenvalue weighted by atomic mass is 16.5. The van der Waals surface area contributed by atoms with E-state index in [1.54, 1.807) is 24.3 Å². The van der Waals surface area contributed by atoms with Crippen LogP contribution in [0.15, 0.2) is 36.4 Å². The van der Waals surface area contributed by atoms with Gasteiger partial charge in [0.1, 0.15) is 0 Å². The van der Waals surface area contributed by atoms with Gasteiger partial charge in [-0.2, -0.15) is 0 Å². The summed E-state index contributed by atoms with van der Waals surface area (Å²) in [6.07, 6.45) is 0. The van der Waals surface area contributed by atoms with Crippen LogP contribution in [0.1, 0.15) is 15.9 Å². The highest BCUT2D eigenvalue weighted by Gasteiger charge is 2.17. The first-order valence-electron chi connectivity index (χ1n) is 7.03. The van der Waals surface area contributed by atoms with Crippen LogP contribution in [-0.4, -0.2) is 27.2 Å². The monoisotopic (exact) mass is 316 g/mol. The van der Waals surface area contributed by atoms with Crippen molar-refractivity contribution < 1.29 is 19.0 Å². The van der Waals surface area contributed by atoms with Crippen molar-refractivity contribution in [2.24, 2.45) is 5.73 Å². The average molecular weight is 316 g/mol. The number of anilines is 1. The summed E-state index contributed by atoms with van der Waals surface area (Å²) in [6.45, 7) is 0.459. The maximum atomic E-state index is 12.4. The Hall–Kier alpha value is -2.73. The van der Waals surface area contributed by atoms with Crippen molar-refractivity contribution in [3.05, 3.63) is 47.5 Å². The molecule has 0 saturated heterocycles. The number of nitrogens with two attached hydrogens (primary N) is 1. The Labute approximate surface area is 135 Å². The molecule has 0 saturated carbocycles. The number of rotatable bonds is 6. The van der Waals surface area contributed by atoms with Gasteiger partial charge in [-0.15, -0.1) is 0 Å². The Morgan fingerprint density at radius 3 is 2.00 bits per heavy atom. The third-order valence-corrected chi connectivity index (χ3v) is 3.37. The summed E-state index contributed by atoms with van der Waals surface area (Å²) in [5.74, 6) is 1.02. The number of benzene rings is 2. The highest BCUT2D eigenvalue weighted by Crippen LogP contribution is 2.38. The van der Waals surface area contributed by atoms with Crippen LogP contribution in [0.2, 0.25) is 0 Å². The first kappa shape index (κ1) is 16.6. The summed E-state index contributed by atoms with van der Waals surface area (Å²) >= 11 is 0. The van der Waals surface area contributed by atoms with E-state index in [1.807, 2.05) is 12.1 Å². The summed E-state index contributed by atoms with van der Waals surface area (Å²) in [7, 11) is 4.52. The summed E-state index contributed by atoms with van der Waals surface area (Å²) in [6, 6.07) is 10.5. The van der Waals surface area contributed by atoms with Gasteiger partial charge in [-0.1, -0.05) is 12.1 Å². The van der Waals surface area contributed by atoms with Gasteiger partial charge in [0.05, 0.1) is 21.3 Å². The number of hydrogen-bond acceptors (Lipinski definition) is 5. The molecule has 0 bridgehead atoms. The van der Waals surface area contributed by atoms with E-state index in [0.717, 1.165) is 5.56 Å². The van der Waals surface area contributed by atoms with Gasteiger partial charge in [-0.25, -0.2) is 0 Å². The van der Waals surface area contributed by atoms with Gasteiger partial charge in [0, 0.05) is 17.8 Å². The van der Waals surface area contributed by atoms with Crippen LogP contribution in [0.5, 0.6) is 17.2 Å². The van der Waals surface area contributed by atoms with Gasteiger partial charge in [-0.3, -0.25) is 4.79 Å². The number of ether oxygens (including phenoxy) is 3. The van der Waals surface area contributed by atoms with Crippen molar-refractivity contribution in [3.63, 3.8) is 0 Å². The van der Waals surface area contributed by atoms with E-state index in [4.69, 9.17) is 19.9 Å². The molecule has 0 aromatic heterocycles. The van der Waals surface area contributed by atoms with Crippen LogP contribution in [0.25, 0.3) is 0 Å². The molecule has 0 heterocycles. The standard InChI is InChI=1S/C17H20N2O4/c1-21-14-8-12(9-15(22-2)16(14)23-3)17(20)19-13-6-4-11(10-18)5-7-13/h4-9H,10,18H2,1-3H3,(H,19,20). The number of carbonyl (C=O) groups is 1. The molecular weight excluding hydrogens is 296 g/mol. The van der Waals surface area contributed by atoms with E-state index in [1.165, 1.54) is 21.3 Å². The molecule has 122 valence electrons. The molecule has 2 aromatic carbocycles. The molecule has 0 aliphatic heterocycles. The minimum Gasteiger partial charge on any atom is -0.493 e. The first-order valence-corrected chi connectivity index (χ1v) is 7.03. The van der Waals surface area contributed by atoms with Gasteiger partial charge >= 0.3 is 0 Å². The van der Waals surface area contributed by atoms with E-state index >= 15 is 0 Å². The number of amides is 1. The Morgan fingerprint density at radius 1 is 1.00 bits per heavy atom. The Balaban J connectivity index is 2.27. The molecule has 2 rings (SSSR count). The van der Waals surface area contributed by atoms with Gasteiger partial charge in [0.25, 0.3) is 5.91 Å². The fraction of sp³-hybridized carbons (Fsp3) is 0.235. The maximum Gasteiger partial charge on any atom is 0.255 e. The summed E-state index contributed by atoms with van der Waals surface area (Å²) in [5.41, 5.74) is 7.64. The summed E-state index contributed by atoms with van der Waals surface area (Å²) in [4.78, 5) is 12.4. The lowest BCUT2D eigenvalue weighted by Crippen LogP contribution is -2.12. The quantitative estimate of drug-likeness (QED) is 0.855. The van der Waals surface area contributed by atoms with Crippen molar-refractivity contribution in [2.45, 2.75) is 6.54 Å². The second-order valence-electron chi connectivity index (χ2n) is 4.77. The van der Waals surface area contributed by atoms with E-state index in [2.05, 4.69) is 5.32 Å². The van der Waals surface area contributed by atoms with Crippen LogP contribution in [-0.2, 0) is 6.54 Å². The Bertz CT molecular complexity index is 658. The third-order valence-electron chi connectivity index (χ3n) is 3.37. The first-order chi connectivity index (χ1) is 11.1. The largest absolute Gasteiger partial charge is 0.493 e. The summed E-state index contributed by atoms with van der Waals surface area (Å²) < 4.78 is 15.7. The molecule has 0 spiro atoms. The SMILES string of the molecule is COc1cc(C(=O)Nc2ccc(CN)cc2)cc(OC)c1OC. The topological polar surface area (TPSA) is 82.8 Å². The molecule has 3 N–H and O–H groups in total. The van der Waals surface area contributed by atoms with Crippen LogP contribution < -0.4 is 25.3 Å². The molecule has 0 unspecified atom stereocenters. The molecule has 6 heteroatoms. The van der Waals surface area contributed by atoms with E-state index in [9.17, 15) is 4.79 Å². The molecule has 0 aliphatic rings. The highest BCUT2D eigenvalue weighted by molar-refractivity contribution is 6.05. The predicted molar refractivity (Wildman–Crippen MR) is 88.4 cm³/mol. The van der Waals surface area contributed by atoms with Gasteiger partial charge in [0.15, 0.2) is 11.5 Å². The molecule has 0 atom stereocenters. The normalized spacial score (nSPS) is 10.1. The number of nitrogens with one attached hydrogen (secondary N) is 1. The predicted octanol–water partition coefficient (Wildman–Crippen LogP) is 2.42. The second kappa shape index (κ2) is 7.51. The molecule has 0 radical (unpaired) electrons. The Kier molecular flexibility index (Phi) is 5.43. The second-order valence-corrected chi connectivity index (χ2v) is 4.77. The van der Waals surface area contributed by atoms with Crippen molar-refractivity contribution in [1.82, 2.24) is 0 Å². The zero-order valence-corrected chi connectivity index (χ0v) is 13.4. The van der Waals surface area contributed by atoms with Crippen molar-refractivity contribution >= 4 is 11.6 Å². The van der Waals surface area contributed by atoms with E-state index in [-0.39, 0.29) is 5.91 Å².